The van der Waals surface area contributed by atoms with Gasteiger partial charge in [-0.05, 0) is 12.8 Å². The van der Waals surface area contributed by atoms with Gasteiger partial charge in [0, 0.05) is 25.5 Å². The van der Waals surface area contributed by atoms with E-state index in [1.54, 1.807) is 9.13 Å². The van der Waals surface area contributed by atoms with E-state index < -0.39 is 0 Å². The number of imidazole rings is 1. The summed E-state index contributed by atoms with van der Waals surface area (Å²) in [6, 6.07) is 0. The molecule has 0 radical (unpaired) electrons. The predicted molar refractivity (Wildman–Crippen MR) is 49.2 cm³/mol. The smallest absolute Gasteiger partial charge is 0.300 e. The summed E-state index contributed by atoms with van der Waals surface area (Å²) in [4.78, 5) is 11.5. The van der Waals surface area contributed by atoms with Crippen LogP contribution >= 0.6 is 0 Å². The Hall–Kier alpha value is -0.990. The molecular formula is C9H16N2O. The molecule has 0 bridgehead atoms. The zero-order valence-corrected chi connectivity index (χ0v) is 7.95. The summed E-state index contributed by atoms with van der Waals surface area (Å²) >= 11 is 0. The zero-order valence-electron chi connectivity index (χ0n) is 7.95. The fourth-order valence-electron chi connectivity index (χ4n) is 1.23. The van der Waals surface area contributed by atoms with E-state index in [-0.39, 0.29) is 5.69 Å². The van der Waals surface area contributed by atoms with Gasteiger partial charge in [-0.1, -0.05) is 13.8 Å². The second-order valence-corrected chi connectivity index (χ2v) is 3.41. The summed E-state index contributed by atoms with van der Waals surface area (Å²) < 4.78 is 3.47. The molecule has 1 rings (SSSR count). The van der Waals surface area contributed by atoms with Gasteiger partial charge in [-0.3, -0.25) is 9.13 Å². The molecule has 1 heterocycles. The van der Waals surface area contributed by atoms with Gasteiger partial charge in [0.25, 0.3) is 0 Å². The van der Waals surface area contributed by atoms with Gasteiger partial charge in [0.1, 0.15) is 0 Å². The third-order valence-corrected chi connectivity index (χ3v) is 1.82. The lowest BCUT2D eigenvalue weighted by atomic mass is 10.2. The number of hydrogen-bond acceptors (Lipinski definition) is 1. The highest BCUT2D eigenvalue weighted by atomic mass is 16.1. The molecule has 0 N–H and O–H groups in total. The van der Waals surface area contributed by atoms with Gasteiger partial charge >= 0.3 is 5.69 Å². The van der Waals surface area contributed by atoms with E-state index in [1.807, 2.05) is 19.3 Å². The van der Waals surface area contributed by atoms with Crippen molar-refractivity contribution >= 4 is 0 Å². The highest BCUT2D eigenvalue weighted by molar-refractivity contribution is 4.81. The molecule has 0 unspecified atom stereocenters. The number of nitrogens with zero attached hydrogens (tertiary/aromatic N) is 2. The van der Waals surface area contributed by atoms with Crippen LogP contribution in [0, 0.1) is 5.92 Å². The predicted octanol–water partition coefficient (Wildman–Crippen LogP) is 1.33. The van der Waals surface area contributed by atoms with Crippen LogP contribution in [0.5, 0.6) is 0 Å². The van der Waals surface area contributed by atoms with Crippen LogP contribution < -0.4 is 5.69 Å². The Bertz CT molecular complexity index is 296. The summed E-state index contributed by atoms with van der Waals surface area (Å²) in [5, 5.41) is 0. The van der Waals surface area contributed by atoms with Gasteiger partial charge < -0.3 is 0 Å². The Kier molecular flexibility index (Phi) is 2.74. The molecule has 0 aliphatic carbocycles. The van der Waals surface area contributed by atoms with Crippen LogP contribution in [-0.2, 0) is 13.1 Å². The van der Waals surface area contributed by atoms with E-state index in [0.29, 0.717) is 5.92 Å². The minimum absolute atomic E-state index is 0.103. The molecule has 0 spiro atoms. The van der Waals surface area contributed by atoms with Crippen molar-refractivity contribution in [2.75, 3.05) is 0 Å². The van der Waals surface area contributed by atoms with Crippen molar-refractivity contribution in [2.45, 2.75) is 33.9 Å². The van der Waals surface area contributed by atoms with Crippen molar-refractivity contribution < 1.29 is 0 Å². The van der Waals surface area contributed by atoms with Crippen molar-refractivity contribution in [1.29, 1.82) is 0 Å². The number of aromatic nitrogens is 2. The van der Waals surface area contributed by atoms with Gasteiger partial charge in [0.2, 0.25) is 0 Å². The van der Waals surface area contributed by atoms with Crippen molar-refractivity contribution in [3.8, 4) is 0 Å². The fourth-order valence-corrected chi connectivity index (χ4v) is 1.23. The topological polar surface area (TPSA) is 26.9 Å². The molecule has 0 aromatic carbocycles. The van der Waals surface area contributed by atoms with E-state index in [4.69, 9.17) is 0 Å². The normalized spacial score (nSPS) is 11.0. The molecule has 3 nitrogen and oxygen atoms in total. The maximum absolute atomic E-state index is 11.5. The number of hydrogen-bond donors (Lipinski definition) is 0. The first-order valence-electron chi connectivity index (χ1n) is 4.40. The van der Waals surface area contributed by atoms with Crippen LogP contribution in [0.15, 0.2) is 17.2 Å². The van der Waals surface area contributed by atoms with Crippen molar-refractivity contribution in [2.24, 2.45) is 5.92 Å². The van der Waals surface area contributed by atoms with Crippen LogP contribution in [0.1, 0.15) is 20.8 Å². The number of aryl methyl sites for hydroxylation is 1. The van der Waals surface area contributed by atoms with Gasteiger partial charge in [0.05, 0.1) is 0 Å². The van der Waals surface area contributed by atoms with Gasteiger partial charge in [-0.2, -0.15) is 0 Å². The summed E-state index contributed by atoms with van der Waals surface area (Å²) in [5.74, 6) is 0.524. The van der Waals surface area contributed by atoms with Crippen LogP contribution in [0.25, 0.3) is 0 Å². The maximum Gasteiger partial charge on any atom is 0.328 e. The van der Waals surface area contributed by atoms with E-state index >= 15 is 0 Å². The molecule has 0 saturated carbocycles. The summed E-state index contributed by atoms with van der Waals surface area (Å²) in [6.45, 7) is 7.75. The van der Waals surface area contributed by atoms with Crippen LogP contribution in [0.2, 0.25) is 0 Å². The Balaban J connectivity index is 2.88. The fraction of sp³-hybridized carbons (Fsp3) is 0.667. The lowest BCUT2D eigenvalue weighted by Crippen LogP contribution is -2.24. The number of rotatable bonds is 3. The zero-order chi connectivity index (χ0) is 9.14. The Morgan fingerprint density at radius 2 is 1.92 bits per heavy atom. The summed E-state index contributed by atoms with van der Waals surface area (Å²) in [7, 11) is 0. The van der Waals surface area contributed by atoms with E-state index in [0.717, 1.165) is 13.1 Å². The summed E-state index contributed by atoms with van der Waals surface area (Å²) in [6.07, 6.45) is 3.69. The molecule has 0 aliphatic rings. The Morgan fingerprint density at radius 1 is 1.33 bits per heavy atom. The van der Waals surface area contributed by atoms with Gasteiger partial charge in [-0.25, -0.2) is 4.79 Å². The summed E-state index contributed by atoms with van der Waals surface area (Å²) in [5.41, 5.74) is 0.103. The molecule has 0 atom stereocenters. The van der Waals surface area contributed by atoms with Gasteiger partial charge in [0.15, 0.2) is 0 Å². The molecule has 68 valence electrons. The Morgan fingerprint density at radius 3 is 2.33 bits per heavy atom. The Labute approximate surface area is 72.6 Å². The standard InChI is InChI=1S/C9H16N2O/c1-4-10-5-6-11(9(10)12)7-8(2)3/h5-6,8H,4,7H2,1-3H3. The molecule has 0 saturated heterocycles. The minimum Gasteiger partial charge on any atom is -0.300 e. The van der Waals surface area contributed by atoms with Crippen LogP contribution in [0.4, 0.5) is 0 Å². The lowest BCUT2D eigenvalue weighted by Gasteiger charge is -2.03. The van der Waals surface area contributed by atoms with Crippen LogP contribution in [-0.4, -0.2) is 9.13 Å². The molecular weight excluding hydrogens is 152 g/mol. The van der Waals surface area contributed by atoms with Crippen molar-refractivity contribution in [1.82, 2.24) is 9.13 Å². The highest BCUT2D eigenvalue weighted by Crippen LogP contribution is 1.95. The average molecular weight is 168 g/mol. The second kappa shape index (κ2) is 3.61. The van der Waals surface area contributed by atoms with E-state index in [9.17, 15) is 4.79 Å². The first-order valence-corrected chi connectivity index (χ1v) is 4.40. The molecule has 0 aliphatic heterocycles. The SMILES string of the molecule is CCn1ccn(CC(C)C)c1=O. The van der Waals surface area contributed by atoms with Crippen LogP contribution in [0.3, 0.4) is 0 Å². The van der Waals surface area contributed by atoms with E-state index in [2.05, 4.69) is 13.8 Å². The third kappa shape index (κ3) is 1.78. The van der Waals surface area contributed by atoms with E-state index in [1.165, 1.54) is 0 Å². The van der Waals surface area contributed by atoms with Crippen molar-refractivity contribution in [3.05, 3.63) is 22.9 Å². The maximum atomic E-state index is 11.5. The van der Waals surface area contributed by atoms with Crippen molar-refractivity contribution in [3.63, 3.8) is 0 Å². The quantitative estimate of drug-likeness (QED) is 0.668. The first-order chi connectivity index (χ1) is 5.65. The molecule has 12 heavy (non-hydrogen) atoms. The first kappa shape index (κ1) is 9.10. The highest BCUT2D eigenvalue weighted by Gasteiger charge is 2.02. The second-order valence-electron chi connectivity index (χ2n) is 3.41. The molecule has 3 heteroatoms. The molecule has 0 amide bonds. The lowest BCUT2D eigenvalue weighted by molar-refractivity contribution is 0.502. The monoisotopic (exact) mass is 168 g/mol. The van der Waals surface area contributed by atoms with Gasteiger partial charge in [-0.15, -0.1) is 0 Å². The average Bonchev–Trinajstić information content (AvgIpc) is 2.32. The minimum atomic E-state index is 0.103. The largest absolute Gasteiger partial charge is 0.328 e. The molecule has 0 fully saturated rings. The third-order valence-electron chi connectivity index (χ3n) is 1.82. The molecule has 1 aromatic heterocycles. The molecule has 1 aromatic rings.